The van der Waals surface area contributed by atoms with Crippen LogP contribution in [0.15, 0.2) is 48.5 Å². The van der Waals surface area contributed by atoms with Gasteiger partial charge in [-0.25, -0.2) is 4.79 Å². The lowest BCUT2D eigenvalue weighted by Crippen LogP contribution is -2.21. The van der Waals surface area contributed by atoms with E-state index in [9.17, 15) is 18.4 Å². The van der Waals surface area contributed by atoms with Crippen LogP contribution in [0.5, 0.6) is 5.75 Å². The summed E-state index contributed by atoms with van der Waals surface area (Å²) in [4.78, 5) is 24.0. The van der Waals surface area contributed by atoms with Gasteiger partial charge < -0.3 is 14.8 Å². The molecule has 0 saturated heterocycles. The second-order valence-electron chi connectivity index (χ2n) is 6.83. The lowest BCUT2D eigenvalue weighted by Gasteiger charge is -2.18. The molecule has 2 aromatic carbocycles. The maximum atomic E-state index is 12.4. The number of carbonyl (C=O) groups excluding carboxylic acids is 2. The second kappa shape index (κ2) is 8.62. The first-order valence-corrected chi connectivity index (χ1v) is 8.28. The Morgan fingerprint density at radius 1 is 1.04 bits per heavy atom. The first-order chi connectivity index (χ1) is 12.7. The van der Waals surface area contributed by atoms with Crippen LogP contribution >= 0.6 is 0 Å². The van der Waals surface area contributed by atoms with Gasteiger partial charge in [-0.1, -0.05) is 45.0 Å². The summed E-state index contributed by atoms with van der Waals surface area (Å²) >= 11 is 0. The van der Waals surface area contributed by atoms with Gasteiger partial charge >= 0.3 is 12.6 Å². The van der Waals surface area contributed by atoms with E-state index >= 15 is 0 Å². The fraction of sp³-hybridized carbons (Fsp3) is 0.300. The molecule has 1 N–H and O–H groups in total. The van der Waals surface area contributed by atoms with E-state index in [-0.39, 0.29) is 16.9 Å². The van der Waals surface area contributed by atoms with Crippen LogP contribution in [0.2, 0.25) is 0 Å². The van der Waals surface area contributed by atoms with Gasteiger partial charge in [-0.15, -0.1) is 0 Å². The number of nitrogens with one attached hydrogen (secondary N) is 1. The molecule has 0 saturated carbocycles. The molecule has 0 aromatic heterocycles. The number of rotatable bonds is 6. The topological polar surface area (TPSA) is 64.6 Å². The number of benzene rings is 2. The van der Waals surface area contributed by atoms with Crippen molar-refractivity contribution < 1.29 is 27.8 Å². The van der Waals surface area contributed by atoms with Crippen LogP contribution in [0.1, 0.15) is 36.7 Å². The number of hydrogen-bond acceptors (Lipinski definition) is 4. The smallest absolute Gasteiger partial charge is 0.387 e. The molecular formula is C20H21F2NO4. The monoisotopic (exact) mass is 377 g/mol. The van der Waals surface area contributed by atoms with Gasteiger partial charge in [0, 0.05) is 0 Å². The molecular weight excluding hydrogens is 356 g/mol. The summed E-state index contributed by atoms with van der Waals surface area (Å²) in [6.07, 6.45) is 0. The van der Waals surface area contributed by atoms with Gasteiger partial charge in [-0.2, -0.15) is 8.78 Å². The largest absolute Gasteiger partial charge is 0.452 e. The predicted octanol–water partition coefficient (Wildman–Crippen LogP) is 4.38. The minimum absolute atomic E-state index is 0.0456. The fourth-order valence-electron chi connectivity index (χ4n) is 2.28. The van der Waals surface area contributed by atoms with Crippen molar-refractivity contribution >= 4 is 17.6 Å². The van der Waals surface area contributed by atoms with E-state index in [2.05, 4.69) is 30.8 Å². The normalized spacial score (nSPS) is 11.2. The van der Waals surface area contributed by atoms with Crippen molar-refractivity contribution in [2.75, 3.05) is 11.9 Å². The molecule has 2 aromatic rings. The van der Waals surface area contributed by atoms with E-state index in [0.29, 0.717) is 5.56 Å². The first kappa shape index (κ1) is 20.4. The number of ether oxygens (including phenoxy) is 2. The molecule has 0 heterocycles. The Morgan fingerprint density at radius 3 is 2.26 bits per heavy atom. The third kappa shape index (κ3) is 6.06. The Bertz CT molecular complexity index is 798. The van der Waals surface area contributed by atoms with Crippen LogP contribution in [0.3, 0.4) is 0 Å². The highest BCUT2D eigenvalue weighted by atomic mass is 19.3. The molecule has 0 radical (unpaired) electrons. The standard InChI is InChI=1S/C20H21F2NO4/c1-20(2,3)14-10-8-13(9-11-14)18(25)26-12-17(24)23-15-6-4-5-7-16(15)27-19(21)22/h4-11,19H,12H2,1-3H3,(H,23,24). The Balaban J connectivity index is 1.93. The second-order valence-corrected chi connectivity index (χ2v) is 6.83. The van der Waals surface area contributed by atoms with Gasteiger partial charge in [0.15, 0.2) is 6.61 Å². The van der Waals surface area contributed by atoms with Crippen LogP contribution in [0.4, 0.5) is 14.5 Å². The molecule has 0 atom stereocenters. The maximum absolute atomic E-state index is 12.4. The average Bonchev–Trinajstić information content (AvgIpc) is 2.60. The highest BCUT2D eigenvalue weighted by Gasteiger charge is 2.16. The Labute approximate surface area is 156 Å². The van der Waals surface area contributed by atoms with Gasteiger partial charge in [0.05, 0.1) is 11.3 Å². The van der Waals surface area contributed by atoms with Crippen molar-refractivity contribution in [3.63, 3.8) is 0 Å². The van der Waals surface area contributed by atoms with Crippen LogP contribution in [-0.4, -0.2) is 25.1 Å². The molecule has 0 aliphatic carbocycles. The summed E-state index contributed by atoms with van der Waals surface area (Å²) in [6.45, 7) is 2.60. The van der Waals surface area contributed by atoms with Crippen molar-refractivity contribution in [1.82, 2.24) is 0 Å². The SMILES string of the molecule is CC(C)(C)c1ccc(C(=O)OCC(=O)Nc2ccccc2OC(F)F)cc1. The van der Waals surface area contributed by atoms with Crippen LogP contribution < -0.4 is 10.1 Å². The Morgan fingerprint density at radius 2 is 1.67 bits per heavy atom. The Kier molecular flexibility index (Phi) is 6.50. The van der Waals surface area contributed by atoms with Gasteiger partial charge in [-0.3, -0.25) is 4.79 Å². The molecule has 0 unspecified atom stereocenters. The number of halogens is 2. The van der Waals surface area contributed by atoms with Crippen molar-refractivity contribution in [3.8, 4) is 5.75 Å². The lowest BCUT2D eigenvalue weighted by molar-refractivity contribution is -0.119. The zero-order valence-electron chi connectivity index (χ0n) is 15.3. The van der Waals surface area contributed by atoms with Crippen molar-refractivity contribution in [2.45, 2.75) is 32.8 Å². The molecule has 0 aliphatic rings. The van der Waals surface area contributed by atoms with Crippen LogP contribution in [0.25, 0.3) is 0 Å². The van der Waals surface area contributed by atoms with Gasteiger partial charge in [0.1, 0.15) is 5.75 Å². The molecule has 5 nitrogen and oxygen atoms in total. The molecule has 0 bridgehead atoms. The summed E-state index contributed by atoms with van der Waals surface area (Å²) in [5, 5.41) is 2.38. The zero-order chi connectivity index (χ0) is 20.0. The number of alkyl halides is 2. The molecule has 7 heteroatoms. The zero-order valence-corrected chi connectivity index (χ0v) is 15.3. The summed E-state index contributed by atoms with van der Waals surface area (Å²) in [5.74, 6) is -1.49. The lowest BCUT2D eigenvalue weighted by atomic mass is 9.87. The quantitative estimate of drug-likeness (QED) is 0.759. The molecule has 0 aliphatic heterocycles. The summed E-state index contributed by atoms with van der Waals surface area (Å²) < 4.78 is 34.0. The van der Waals surface area contributed by atoms with Crippen molar-refractivity contribution in [2.24, 2.45) is 0 Å². The van der Waals surface area contributed by atoms with Crippen LogP contribution in [-0.2, 0) is 14.9 Å². The first-order valence-electron chi connectivity index (χ1n) is 8.28. The van der Waals surface area contributed by atoms with Crippen molar-refractivity contribution in [1.29, 1.82) is 0 Å². The molecule has 0 fully saturated rings. The number of carbonyl (C=O) groups is 2. The molecule has 144 valence electrons. The van der Waals surface area contributed by atoms with Gasteiger partial charge in [0.25, 0.3) is 5.91 Å². The number of para-hydroxylation sites is 2. The van der Waals surface area contributed by atoms with E-state index in [0.717, 1.165) is 5.56 Å². The Hall–Kier alpha value is -2.96. The van der Waals surface area contributed by atoms with E-state index in [4.69, 9.17) is 4.74 Å². The summed E-state index contributed by atoms with van der Waals surface area (Å²) in [5.41, 5.74) is 1.40. The van der Waals surface area contributed by atoms with E-state index in [1.165, 1.54) is 18.2 Å². The number of anilines is 1. The maximum Gasteiger partial charge on any atom is 0.387 e. The molecule has 27 heavy (non-hydrogen) atoms. The third-order valence-corrected chi connectivity index (χ3v) is 3.70. The fourth-order valence-corrected chi connectivity index (χ4v) is 2.28. The highest BCUT2D eigenvalue weighted by Crippen LogP contribution is 2.25. The van der Waals surface area contributed by atoms with E-state index < -0.39 is 25.1 Å². The molecule has 2 rings (SSSR count). The number of amides is 1. The minimum atomic E-state index is -3.02. The van der Waals surface area contributed by atoms with Crippen LogP contribution in [0, 0.1) is 0 Å². The minimum Gasteiger partial charge on any atom is -0.452 e. The van der Waals surface area contributed by atoms with Gasteiger partial charge in [0.2, 0.25) is 0 Å². The van der Waals surface area contributed by atoms with Crippen molar-refractivity contribution in [3.05, 3.63) is 59.7 Å². The highest BCUT2D eigenvalue weighted by molar-refractivity contribution is 5.96. The molecule has 1 amide bonds. The van der Waals surface area contributed by atoms with Gasteiger partial charge in [-0.05, 0) is 35.2 Å². The number of hydrogen-bond donors (Lipinski definition) is 1. The average molecular weight is 377 g/mol. The predicted molar refractivity (Wildman–Crippen MR) is 97.1 cm³/mol. The van der Waals surface area contributed by atoms with E-state index in [1.54, 1.807) is 18.2 Å². The third-order valence-electron chi connectivity index (χ3n) is 3.70. The number of esters is 1. The summed E-state index contributed by atoms with van der Waals surface area (Å²) in [6, 6.07) is 12.7. The molecule has 0 spiro atoms. The summed E-state index contributed by atoms with van der Waals surface area (Å²) in [7, 11) is 0. The van der Waals surface area contributed by atoms with E-state index in [1.807, 2.05) is 12.1 Å².